The van der Waals surface area contributed by atoms with Gasteiger partial charge in [0.1, 0.15) is 16.3 Å². The molecule has 0 N–H and O–H groups in total. The van der Waals surface area contributed by atoms with Crippen LogP contribution >= 0.6 is 11.3 Å². The molecule has 0 spiro atoms. The number of nitrogens with zero attached hydrogens (tertiary/aromatic N) is 6. The van der Waals surface area contributed by atoms with Gasteiger partial charge >= 0.3 is 0 Å². The number of aromatic nitrogens is 6. The number of rotatable bonds is 5. The maximum absolute atomic E-state index is 4.89. The van der Waals surface area contributed by atoms with E-state index in [4.69, 9.17) is 5.10 Å². The van der Waals surface area contributed by atoms with E-state index in [2.05, 4.69) is 60.2 Å². The summed E-state index contributed by atoms with van der Waals surface area (Å²) in [6.45, 7) is 8.69. The van der Waals surface area contributed by atoms with Gasteiger partial charge in [-0.25, -0.2) is 4.98 Å². The van der Waals surface area contributed by atoms with Gasteiger partial charge in [-0.15, -0.1) is 10.2 Å². The molecule has 30 heavy (non-hydrogen) atoms. The number of imidazole rings is 1. The summed E-state index contributed by atoms with van der Waals surface area (Å²) >= 11 is 1.59. The van der Waals surface area contributed by atoms with Crippen LogP contribution < -0.4 is 0 Å². The monoisotopic (exact) mass is 416 g/mol. The van der Waals surface area contributed by atoms with Crippen LogP contribution in [0, 0.1) is 12.8 Å². The summed E-state index contributed by atoms with van der Waals surface area (Å²) in [4.78, 5) is 5.45. The van der Waals surface area contributed by atoms with E-state index in [1.54, 1.807) is 11.3 Å². The fourth-order valence-electron chi connectivity index (χ4n) is 3.89. The number of fused-ring (bicyclic) bond motifs is 2. The molecule has 4 aromatic heterocycles. The second kappa shape index (κ2) is 7.32. The van der Waals surface area contributed by atoms with Crippen molar-refractivity contribution in [3.8, 4) is 11.5 Å². The first-order valence-corrected chi connectivity index (χ1v) is 11.1. The molecule has 0 amide bonds. The van der Waals surface area contributed by atoms with E-state index in [1.807, 2.05) is 40.2 Å². The molecular weight excluding hydrogens is 392 g/mol. The zero-order chi connectivity index (χ0) is 20.8. The lowest BCUT2D eigenvalue weighted by molar-refractivity contribution is 0.647. The highest BCUT2D eigenvalue weighted by Crippen LogP contribution is 2.31. The lowest BCUT2D eigenvalue weighted by atomic mass is 9.97. The Hall–Kier alpha value is -3.06. The summed E-state index contributed by atoms with van der Waals surface area (Å²) in [5.41, 5.74) is 5.39. The van der Waals surface area contributed by atoms with Crippen LogP contribution in [0.2, 0.25) is 0 Å². The van der Waals surface area contributed by atoms with Crippen LogP contribution in [0.5, 0.6) is 0 Å². The number of hydrogen-bond acceptors (Lipinski definition) is 5. The molecule has 1 aromatic carbocycles. The van der Waals surface area contributed by atoms with Crippen molar-refractivity contribution in [2.45, 2.75) is 40.0 Å². The fourth-order valence-corrected chi connectivity index (χ4v) is 4.81. The maximum atomic E-state index is 4.89. The molecule has 7 heteroatoms. The molecule has 0 bridgehead atoms. The largest absolute Gasteiger partial charge is 0.297 e. The van der Waals surface area contributed by atoms with E-state index in [-0.39, 0.29) is 5.92 Å². The Kier molecular flexibility index (Phi) is 4.62. The zero-order valence-electron chi connectivity index (χ0n) is 17.6. The maximum Gasteiger partial charge on any atom is 0.235 e. The number of hydrogen-bond donors (Lipinski definition) is 0. The van der Waals surface area contributed by atoms with Crippen LogP contribution in [0.15, 0.2) is 48.7 Å². The summed E-state index contributed by atoms with van der Waals surface area (Å²) in [5, 5.41) is 14.7. The second-order valence-electron chi connectivity index (χ2n) is 8.19. The molecule has 152 valence electrons. The smallest absolute Gasteiger partial charge is 0.235 e. The molecule has 0 unspecified atom stereocenters. The summed E-state index contributed by atoms with van der Waals surface area (Å²) in [6.07, 6.45) is 3.10. The lowest BCUT2D eigenvalue weighted by Crippen LogP contribution is -2.00. The third-order valence-corrected chi connectivity index (χ3v) is 6.50. The Balaban J connectivity index is 1.52. The van der Waals surface area contributed by atoms with Crippen LogP contribution in [0.3, 0.4) is 0 Å². The van der Waals surface area contributed by atoms with Gasteiger partial charge in [0.15, 0.2) is 0 Å². The van der Waals surface area contributed by atoms with Gasteiger partial charge in [0.25, 0.3) is 0 Å². The van der Waals surface area contributed by atoms with Crippen molar-refractivity contribution in [3.63, 3.8) is 0 Å². The average Bonchev–Trinajstić information content (AvgIpc) is 3.39. The van der Waals surface area contributed by atoms with Crippen LogP contribution in [0.25, 0.3) is 22.1 Å². The van der Waals surface area contributed by atoms with E-state index < -0.39 is 0 Å². The number of pyridine rings is 1. The van der Waals surface area contributed by atoms with E-state index in [0.29, 0.717) is 5.92 Å². The molecule has 0 fully saturated rings. The van der Waals surface area contributed by atoms with Gasteiger partial charge in [0.05, 0.1) is 5.69 Å². The first-order chi connectivity index (χ1) is 14.5. The summed E-state index contributed by atoms with van der Waals surface area (Å²) < 4.78 is 3.90. The fraction of sp³-hybridized carbons (Fsp3) is 0.304. The minimum atomic E-state index is 0.195. The Morgan fingerprint density at radius 1 is 1.00 bits per heavy atom. The summed E-state index contributed by atoms with van der Waals surface area (Å²) in [5.74, 6) is 1.58. The Morgan fingerprint density at radius 2 is 1.80 bits per heavy atom. The van der Waals surface area contributed by atoms with Crippen LogP contribution in [-0.2, 0) is 6.42 Å². The third-order valence-electron chi connectivity index (χ3n) is 5.42. The normalized spacial score (nSPS) is 13.0. The second-order valence-corrected chi connectivity index (χ2v) is 9.18. The van der Waals surface area contributed by atoms with Gasteiger partial charge in [-0.2, -0.15) is 9.61 Å². The molecule has 1 atom stereocenters. The average molecular weight is 417 g/mol. The minimum absolute atomic E-state index is 0.195. The molecule has 4 heterocycles. The number of benzene rings is 1. The molecular formula is C23H24N6S. The predicted molar refractivity (Wildman–Crippen MR) is 120 cm³/mol. The molecule has 5 rings (SSSR count). The molecule has 0 aliphatic carbocycles. The zero-order valence-corrected chi connectivity index (χ0v) is 18.4. The van der Waals surface area contributed by atoms with Crippen LogP contribution in [0.1, 0.15) is 48.5 Å². The van der Waals surface area contributed by atoms with Crippen molar-refractivity contribution in [1.29, 1.82) is 0 Å². The van der Waals surface area contributed by atoms with Crippen LogP contribution in [0.4, 0.5) is 0 Å². The standard InChI is InChI=1S/C23H24N6S/c1-14(2)13-17-8-10-18(11-9-17)15(3)22-27-29-21(25-26-23(29)30-22)20-16(4)24-19-7-5-6-12-28(19)20/h5-12,14-15H,13H2,1-4H3/t15-/m0/s1. The van der Waals surface area contributed by atoms with Crippen molar-refractivity contribution < 1.29 is 0 Å². The van der Waals surface area contributed by atoms with Crippen LogP contribution in [-0.4, -0.2) is 29.2 Å². The molecule has 0 aliphatic rings. The summed E-state index contributed by atoms with van der Waals surface area (Å²) in [7, 11) is 0. The highest BCUT2D eigenvalue weighted by molar-refractivity contribution is 7.16. The van der Waals surface area contributed by atoms with Crippen molar-refractivity contribution in [3.05, 3.63) is 70.5 Å². The molecule has 5 aromatic rings. The third kappa shape index (κ3) is 3.19. The van der Waals surface area contributed by atoms with Gasteiger partial charge < -0.3 is 0 Å². The van der Waals surface area contributed by atoms with Gasteiger partial charge in [0.2, 0.25) is 10.8 Å². The predicted octanol–water partition coefficient (Wildman–Crippen LogP) is 5.16. The Bertz CT molecular complexity index is 1330. The van der Waals surface area contributed by atoms with Crippen molar-refractivity contribution >= 4 is 21.9 Å². The van der Waals surface area contributed by atoms with Gasteiger partial charge in [-0.1, -0.05) is 62.4 Å². The van der Waals surface area contributed by atoms with Gasteiger partial charge in [0, 0.05) is 12.1 Å². The van der Waals surface area contributed by atoms with E-state index in [0.717, 1.165) is 39.2 Å². The number of aryl methyl sites for hydroxylation is 1. The van der Waals surface area contributed by atoms with Crippen molar-refractivity contribution in [2.75, 3.05) is 0 Å². The first-order valence-electron chi connectivity index (χ1n) is 10.3. The van der Waals surface area contributed by atoms with E-state index in [9.17, 15) is 0 Å². The molecule has 0 aliphatic heterocycles. The Morgan fingerprint density at radius 3 is 2.57 bits per heavy atom. The summed E-state index contributed by atoms with van der Waals surface area (Å²) in [6, 6.07) is 14.9. The minimum Gasteiger partial charge on any atom is -0.297 e. The quantitative estimate of drug-likeness (QED) is 0.397. The molecule has 6 nitrogen and oxygen atoms in total. The molecule has 0 saturated carbocycles. The van der Waals surface area contributed by atoms with Gasteiger partial charge in [-0.05, 0) is 42.5 Å². The van der Waals surface area contributed by atoms with E-state index in [1.165, 1.54) is 11.1 Å². The highest BCUT2D eigenvalue weighted by atomic mass is 32.1. The van der Waals surface area contributed by atoms with Crippen molar-refractivity contribution in [2.24, 2.45) is 5.92 Å². The van der Waals surface area contributed by atoms with Gasteiger partial charge in [-0.3, -0.25) is 4.40 Å². The Labute approximate surface area is 179 Å². The first kappa shape index (κ1) is 18.9. The molecule has 0 saturated heterocycles. The highest BCUT2D eigenvalue weighted by Gasteiger charge is 2.21. The van der Waals surface area contributed by atoms with E-state index >= 15 is 0 Å². The topological polar surface area (TPSA) is 60.4 Å². The van der Waals surface area contributed by atoms with Crippen molar-refractivity contribution in [1.82, 2.24) is 29.2 Å². The lowest BCUT2D eigenvalue weighted by Gasteiger charge is -2.10. The SMILES string of the molecule is Cc1nc2ccccn2c1-c1nnc2sc([C@@H](C)c3ccc(CC(C)C)cc3)nn12. The molecule has 0 radical (unpaired) electrons.